The van der Waals surface area contributed by atoms with Gasteiger partial charge in [-0.15, -0.1) is 0 Å². The Labute approximate surface area is 121 Å². The average Bonchev–Trinajstić information content (AvgIpc) is 3.02. The first-order chi connectivity index (χ1) is 10.4. The highest BCUT2D eigenvalue weighted by molar-refractivity contribution is 5.90. The van der Waals surface area contributed by atoms with E-state index in [1.165, 1.54) is 5.56 Å². The Morgan fingerprint density at radius 3 is 2.95 bits per heavy atom. The smallest absolute Gasteiger partial charge is 0.0881 e. The van der Waals surface area contributed by atoms with Crippen molar-refractivity contribution in [3.05, 3.63) is 66.5 Å². The van der Waals surface area contributed by atoms with Crippen LogP contribution in [0.4, 0.5) is 5.69 Å². The number of nitrogens with one attached hydrogen (secondary N) is 2. The molecule has 102 valence electrons. The molecule has 0 fully saturated rings. The molecule has 0 bridgehead atoms. The second-order valence-electron chi connectivity index (χ2n) is 5.02. The first kappa shape index (κ1) is 11.9. The molecule has 0 amide bonds. The van der Waals surface area contributed by atoms with Crippen molar-refractivity contribution in [3.8, 4) is 0 Å². The first-order valence-corrected chi connectivity index (χ1v) is 6.90. The fourth-order valence-corrected chi connectivity index (χ4v) is 2.55. The van der Waals surface area contributed by atoms with Crippen LogP contribution in [0.3, 0.4) is 0 Å². The fourth-order valence-electron chi connectivity index (χ4n) is 2.55. The number of nitrogens with zero attached hydrogens (tertiary/aromatic N) is 2. The number of anilines is 1. The van der Waals surface area contributed by atoms with Crippen LogP contribution in [0, 0.1) is 0 Å². The highest BCUT2D eigenvalue weighted by atomic mass is 15.1. The van der Waals surface area contributed by atoms with Crippen LogP contribution in [0.5, 0.6) is 0 Å². The van der Waals surface area contributed by atoms with Gasteiger partial charge in [0.05, 0.1) is 22.9 Å². The summed E-state index contributed by atoms with van der Waals surface area (Å²) in [5, 5.41) is 12.9. The van der Waals surface area contributed by atoms with E-state index in [9.17, 15) is 0 Å². The van der Waals surface area contributed by atoms with Crippen LogP contribution in [-0.2, 0) is 6.54 Å². The molecule has 2 heterocycles. The zero-order chi connectivity index (χ0) is 14.1. The Kier molecular flexibility index (Phi) is 2.78. The van der Waals surface area contributed by atoms with E-state index in [1.807, 2.05) is 30.6 Å². The van der Waals surface area contributed by atoms with E-state index in [0.29, 0.717) is 0 Å². The molecule has 0 unspecified atom stereocenters. The third-order valence-electron chi connectivity index (χ3n) is 3.63. The van der Waals surface area contributed by atoms with E-state index >= 15 is 0 Å². The van der Waals surface area contributed by atoms with Crippen LogP contribution in [0.25, 0.3) is 21.8 Å². The molecular weight excluding hydrogens is 260 g/mol. The van der Waals surface area contributed by atoms with E-state index in [-0.39, 0.29) is 0 Å². The molecule has 0 aliphatic rings. The highest BCUT2D eigenvalue weighted by Crippen LogP contribution is 2.21. The number of aromatic amines is 1. The number of fused-ring (bicyclic) bond motifs is 2. The van der Waals surface area contributed by atoms with E-state index in [2.05, 4.69) is 50.8 Å². The number of benzene rings is 2. The van der Waals surface area contributed by atoms with Crippen LogP contribution in [0.2, 0.25) is 0 Å². The number of para-hydroxylation sites is 1. The van der Waals surface area contributed by atoms with Crippen molar-refractivity contribution < 1.29 is 0 Å². The van der Waals surface area contributed by atoms with E-state index < -0.39 is 0 Å². The van der Waals surface area contributed by atoms with Gasteiger partial charge < -0.3 is 5.32 Å². The first-order valence-electron chi connectivity index (χ1n) is 6.90. The maximum Gasteiger partial charge on any atom is 0.0881 e. The van der Waals surface area contributed by atoms with Crippen molar-refractivity contribution >= 4 is 27.5 Å². The van der Waals surface area contributed by atoms with Gasteiger partial charge in [-0.1, -0.05) is 24.3 Å². The minimum atomic E-state index is 0.767. The lowest BCUT2D eigenvalue weighted by Gasteiger charge is -2.08. The van der Waals surface area contributed by atoms with Crippen molar-refractivity contribution in [2.75, 3.05) is 5.32 Å². The molecule has 2 aromatic carbocycles. The van der Waals surface area contributed by atoms with Crippen molar-refractivity contribution in [1.29, 1.82) is 0 Å². The van der Waals surface area contributed by atoms with Gasteiger partial charge in [0.1, 0.15) is 0 Å². The standard InChI is InChI=1S/C17H14N4/c1-3-14-11-20-21-17(14)16(5-1)19-10-12-6-7-15-13(9-12)4-2-8-18-15/h1-9,11,19H,10H2,(H,20,21). The Balaban J connectivity index is 1.61. The lowest BCUT2D eigenvalue weighted by atomic mass is 10.1. The Hall–Kier alpha value is -2.88. The van der Waals surface area contributed by atoms with Crippen molar-refractivity contribution in [3.63, 3.8) is 0 Å². The van der Waals surface area contributed by atoms with Gasteiger partial charge in [-0.3, -0.25) is 10.1 Å². The van der Waals surface area contributed by atoms with Crippen molar-refractivity contribution in [2.45, 2.75) is 6.54 Å². The SMILES string of the molecule is c1cnc2ccc(CNc3cccc4cn[nH]c34)cc2c1. The van der Waals surface area contributed by atoms with Crippen LogP contribution in [-0.4, -0.2) is 15.2 Å². The molecule has 0 saturated heterocycles. The summed E-state index contributed by atoms with van der Waals surface area (Å²) < 4.78 is 0. The molecule has 0 aliphatic heterocycles. The fraction of sp³-hybridized carbons (Fsp3) is 0.0588. The topological polar surface area (TPSA) is 53.6 Å². The molecule has 21 heavy (non-hydrogen) atoms. The third kappa shape index (κ3) is 2.21. The molecule has 0 radical (unpaired) electrons. The van der Waals surface area contributed by atoms with E-state index in [1.54, 1.807) is 0 Å². The van der Waals surface area contributed by atoms with Crippen molar-refractivity contribution in [1.82, 2.24) is 15.2 Å². The summed E-state index contributed by atoms with van der Waals surface area (Å²) in [5.41, 5.74) is 4.36. The summed E-state index contributed by atoms with van der Waals surface area (Å²) in [5.74, 6) is 0. The van der Waals surface area contributed by atoms with E-state index in [0.717, 1.165) is 34.0 Å². The maximum atomic E-state index is 4.34. The summed E-state index contributed by atoms with van der Waals surface area (Å²) in [7, 11) is 0. The van der Waals surface area contributed by atoms with Crippen LogP contribution < -0.4 is 5.32 Å². The van der Waals surface area contributed by atoms with Gasteiger partial charge in [-0.05, 0) is 29.8 Å². The number of pyridine rings is 1. The van der Waals surface area contributed by atoms with Crippen molar-refractivity contribution in [2.24, 2.45) is 0 Å². The lowest BCUT2D eigenvalue weighted by Crippen LogP contribution is -2.00. The summed E-state index contributed by atoms with van der Waals surface area (Å²) in [4.78, 5) is 4.34. The summed E-state index contributed by atoms with van der Waals surface area (Å²) in [6, 6.07) is 16.5. The van der Waals surface area contributed by atoms with Gasteiger partial charge in [-0.2, -0.15) is 5.10 Å². The summed E-state index contributed by atoms with van der Waals surface area (Å²) >= 11 is 0. The molecule has 0 atom stereocenters. The van der Waals surface area contributed by atoms with Gasteiger partial charge in [0.15, 0.2) is 0 Å². The molecule has 2 N–H and O–H groups in total. The largest absolute Gasteiger partial charge is 0.379 e. The number of hydrogen-bond acceptors (Lipinski definition) is 3. The van der Waals surface area contributed by atoms with Crippen LogP contribution in [0.15, 0.2) is 60.9 Å². The van der Waals surface area contributed by atoms with Gasteiger partial charge in [0.25, 0.3) is 0 Å². The van der Waals surface area contributed by atoms with Gasteiger partial charge in [-0.25, -0.2) is 0 Å². The molecule has 0 saturated carbocycles. The zero-order valence-electron chi connectivity index (χ0n) is 11.4. The number of rotatable bonds is 3. The number of hydrogen-bond donors (Lipinski definition) is 2. The summed E-state index contributed by atoms with van der Waals surface area (Å²) in [6.45, 7) is 0.767. The van der Waals surface area contributed by atoms with Gasteiger partial charge in [0, 0.05) is 23.5 Å². The number of aromatic nitrogens is 3. The van der Waals surface area contributed by atoms with Crippen LogP contribution in [0.1, 0.15) is 5.56 Å². The molecule has 4 heteroatoms. The lowest BCUT2D eigenvalue weighted by molar-refractivity contribution is 1.11. The third-order valence-corrected chi connectivity index (χ3v) is 3.63. The normalized spacial score (nSPS) is 11.0. The monoisotopic (exact) mass is 274 g/mol. The maximum absolute atomic E-state index is 4.34. The molecule has 4 aromatic rings. The van der Waals surface area contributed by atoms with Gasteiger partial charge >= 0.3 is 0 Å². The summed E-state index contributed by atoms with van der Waals surface area (Å²) in [6.07, 6.45) is 3.65. The molecule has 4 nitrogen and oxygen atoms in total. The highest BCUT2D eigenvalue weighted by Gasteiger charge is 2.02. The quantitative estimate of drug-likeness (QED) is 0.598. The molecule has 0 aliphatic carbocycles. The molecule has 0 spiro atoms. The Morgan fingerprint density at radius 1 is 1.00 bits per heavy atom. The van der Waals surface area contributed by atoms with E-state index in [4.69, 9.17) is 0 Å². The molecule has 2 aromatic heterocycles. The molecule has 4 rings (SSSR count). The number of H-pyrrole nitrogens is 1. The van der Waals surface area contributed by atoms with Crippen LogP contribution >= 0.6 is 0 Å². The predicted molar refractivity (Wildman–Crippen MR) is 85.2 cm³/mol. The van der Waals surface area contributed by atoms with Gasteiger partial charge in [0.2, 0.25) is 0 Å². The minimum absolute atomic E-state index is 0.767. The molecular formula is C17H14N4. The second-order valence-corrected chi connectivity index (χ2v) is 5.02. The predicted octanol–water partition coefficient (Wildman–Crippen LogP) is 3.72. The Morgan fingerprint density at radius 2 is 1.95 bits per heavy atom. The average molecular weight is 274 g/mol. The zero-order valence-corrected chi connectivity index (χ0v) is 11.4. The minimum Gasteiger partial charge on any atom is -0.379 e. The second kappa shape index (κ2) is 4.90. The Bertz CT molecular complexity index is 911.